The van der Waals surface area contributed by atoms with Crippen LogP contribution in [0.15, 0.2) is 0 Å². The topological polar surface area (TPSA) is 56.8 Å². The molecule has 1 unspecified atom stereocenters. The number of H-pyrrole nitrogens is 1. The molecule has 3 aliphatic rings. The van der Waals surface area contributed by atoms with Gasteiger partial charge >= 0.3 is 0 Å². The molecule has 0 amide bonds. The standard InChI is InChI=1S/C14H23N5/c1-19-6-4-14(5-7-19)9-15-8-11(14)13-16-12(17-18-13)10-2-3-10/h10-11,15H,2-9H2,1H3,(H,16,17,18). The summed E-state index contributed by atoms with van der Waals surface area (Å²) in [6.45, 7) is 4.62. The third kappa shape index (κ3) is 1.99. The van der Waals surface area contributed by atoms with Crippen molar-refractivity contribution >= 4 is 0 Å². The van der Waals surface area contributed by atoms with Crippen molar-refractivity contribution in [3.05, 3.63) is 11.6 Å². The predicted molar refractivity (Wildman–Crippen MR) is 73.1 cm³/mol. The molecule has 0 radical (unpaired) electrons. The second-order valence-electron chi connectivity index (χ2n) is 6.70. The van der Waals surface area contributed by atoms with Gasteiger partial charge in [0.1, 0.15) is 5.82 Å². The zero-order valence-electron chi connectivity index (χ0n) is 11.7. The van der Waals surface area contributed by atoms with Crippen LogP contribution in [0.25, 0.3) is 0 Å². The minimum absolute atomic E-state index is 0.410. The minimum Gasteiger partial charge on any atom is -0.315 e. The van der Waals surface area contributed by atoms with E-state index in [1.54, 1.807) is 0 Å². The number of hydrogen-bond acceptors (Lipinski definition) is 4. The molecule has 0 aromatic carbocycles. The highest BCUT2D eigenvalue weighted by atomic mass is 15.2. The van der Waals surface area contributed by atoms with Gasteiger partial charge in [-0.25, -0.2) is 4.98 Å². The van der Waals surface area contributed by atoms with Gasteiger partial charge in [0.05, 0.1) is 0 Å². The molecular formula is C14H23N5. The van der Waals surface area contributed by atoms with Crippen LogP contribution in [0.2, 0.25) is 0 Å². The highest BCUT2D eigenvalue weighted by molar-refractivity contribution is 5.14. The van der Waals surface area contributed by atoms with Crippen LogP contribution in [-0.4, -0.2) is 53.3 Å². The predicted octanol–water partition coefficient (Wildman–Crippen LogP) is 1.08. The van der Waals surface area contributed by atoms with Crippen molar-refractivity contribution < 1.29 is 0 Å². The van der Waals surface area contributed by atoms with E-state index in [9.17, 15) is 0 Å². The van der Waals surface area contributed by atoms with Gasteiger partial charge in [0, 0.05) is 24.9 Å². The van der Waals surface area contributed by atoms with E-state index in [1.807, 2.05) is 0 Å². The first kappa shape index (κ1) is 11.9. The molecule has 3 fully saturated rings. The van der Waals surface area contributed by atoms with Crippen LogP contribution in [-0.2, 0) is 0 Å². The molecule has 1 atom stereocenters. The molecule has 1 aliphatic carbocycles. The Morgan fingerprint density at radius 1 is 1.26 bits per heavy atom. The van der Waals surface area contributed by atoms with E-state index in [-0.39, 0.29) is 0 Å². The van der Waals surface area contributed by atoms with E-state index in [0.29, 0.717) is 17.3 Å². The van der Waals surface area contributed by atoms with Crippen LogP contribution >= 0.6 is 0 Å². The van der Waals surface area contributed by atoms with E-state index < -0.39 is 0 Å². The van der Waals surface area contributed by atoms with E-state index in [4.69, 9.17) is 4.98 Å². The lowest BCUT2D eigenvalue weighted by molar-refractivity contribution is 0.121. The van der Waals surface area contributed by atoms with Gasteiger partial charge in [-0.3, -0.25) is 5.10 Å². The number of likely N-dealkylation sites (tertiary alicyclic amines) is 1. The average molecular weight is 261 g/mol. The third-order valence-corrected chi connectivity index (χ3v) is 5.34. The third-order valence-electron chi connectivity index (χ3n) is 5.34. The SMILES string of the molecule is CN1CCC2(CC1)CNCC2c1nc(C2CC2)n[nH]1. The molecule has 2 N–H and O–H groups in total. The van der Waals surface area contributed by atoms with E-state index in [1.165, 1.54) is 38.8 Å². The van der Waals surface area contributed by atoms with Gasteiger partial charge in [-0.2, -0.15) is 5.10 Å². The van der Waals surface area contributed by atoms with Crippen LogP contribution in [0.5, 0.6) is 0 Å². The molecule has 1 aromatic rings. The molecule has 4 rings (SSSR count). The number of piperidine rings is 1. The fourth-order valence-electron chi connectivity index (χ4n) is 3.75. The largest absolute Gasteiger partial charge is 0.315 e. The Hall–Kier alpha value is -0.940. The van der Waals surface area contributed by atoms with Crippen LogP contribution in [0.3, 0.4) is 0 Å². The molecule has 1 aromatic heterocycles. The molecule has 3 heterocycles. The van der Waals surface area contributed by atoms with Crippen LogP contribution in [0, 0.1) is 5.41 Å². The summed E-state index contributed by atoms with van der Waals surface area (Å²) in [4.78, 5) is 7.24. The summed E-state index contributed by atoms with van der Waals surface area (Å²) in [5.74, 6) is 3.37. The number of rotatable bonds is 2. The van der Waals surface area contributed by atoms with Gasteiger partial charge in [-0.1, -0.05) is 0 Å². The Kier molecular flexibility index (Phi) is 2.67. The van der Waals surface area contributed by atoms with Gasteiger partial charge in [0.15, 0.2) is 5.82 Å². The average Bonchev–Trinajstić information content (AvgIpc) is 3.02. The Labute approximate surface area is 114 Å². The lowest BCUT2D eigenvalue weighted by Gasteiger charge is -2.40. The van der Waals surface area contributed by atoms with Crippen LogP contribution < -0.4 is 5.32 Å². The molecular weight excluding hydrogens is 238 g/mol. The first-order valence-corrected chi connectivity index (χ1v) is 7.58. The van der Waals surface area contributed by atoms with Crippen molar-refractivity contribution in [3.8, 4) is 0 Å². The van der Waals surface area contributed by atoms with Crippen molar-refractivity contribution in [2.45, 2.75) is 37.5 Å². The minimum atomic E-state index is 0.410. The number of nitrogens with zero attached hydrogens (tertiary/aromatic N) is 3. The second kappa shape index (κ2) is 4.28. The monoisotopic (exact) mass is 261 g/mol. The normalized spacial score (nSPS) is 31.1. The van der Waals surface area contributed by atoms with Crippen LogP contribution in [0.1, 0.15) is 49.2 Å². The van der Waals surface area contributed by atoms with Gasteiger partial charge in [0.25, 0.3) is 0 Å². The van der Waals surface area contributed by atoms with E-state index >= 15 is 0 Å². The number of hydrogen-bond donors (Lipinski definition) is 2. The maximum atomic E-state index is 4.80. The summed E-state index contributed by atoms with van der Waals surface area (Å²) in [6, 6.07) is 0. The van der Waals surface area contributed by atoms with Gasteiger partial charge in [-0.15, -0.1) is 0 Å². The lowest BCUT2D eigenvalue weighted by Crippen LogP contribution is -2.42. The Morgan fingerprint density at radius 2 is 2.05 bits per heavy atom. The van der Waals surface area contributed by atoms with Crippen molar-refractivity contribution in [3.63, 3.8) is 0 Å². The van der Waals surface area contributed by atoms with Gasteiger partial charge < -0.3 is 10.2 Å². The second-order valence-corrected chi connectivity index (χ2v) is 6.70. The van der Waals surface area contributed by atoms with Gasteiger partial charge in [-0.05, 0) is 51.2 Å². The zero-order chi connectivity index (χ0) is 12.9. The number of aromatic amines is 1. The van der Waals surface area contributed by atoms with Crippen molar-refractivity contribution in [1.29, 1.82) is 0 Å². The number of aromatic nitrogens is 3. The smallest absolute Gasteiger partial charge is 0.153 e. The van der Waals surface area contributed by atoms with Crippen LogP contribution in [0.4, 0.5) is 0 Å². The number of nitrogens with one attached hydrogen (secondary N) is 2. The highest BCUT2D eigenvalue weighted by Crippen LogP contribution is 2.46. The fraction of sp³-hybridized carbons (Fsp3) is 0.857. The Morgan fingerprint density at radius 3 is 2.79 bits per heavy atom. The summed E-state index contributed by atoms with van der Waals surface area (Å²) >= 11 is 0. The zero-order valence-corrected chi connectivity index (χ0v) is 11.7. The summed E-state index contributed by atoms with van der Waals surface area (Å²) in [6.07, 6.45) is 5.10. The Bertz CT molecular complexity index is 456. The van der Waals surface area contributed by atoms with E-state index in [2.05, 4.69) is 27.5 Å². The molecule has 2 saturated heterocycles. The lowest BCUT2D eigenvalue weighted by atomic mass is 9.70. The van der Waals surface area contributed by atoms with Crippen molar-refractivity contribution in [1.82, 2.24) is 25.4 Å². The first-order valence-electron chi connectivity index (χ1n) is 7.58. The summed E-state index contributed by atoms with van der Waals surface area (Å²) in [7, 11) is 2.23. The van der Waals surface area contributed by atoms with Crippen molar-refractivity contribution in [2.24, 2.45) is 5.41 Å². The molecule has 2 aliphatic heterocycles. The van der Waals surface area contributed by atoms with E-state index in [0.717, 1.165) is 24.7 Å². The fourth-order valence-corrected chi connectivity index (χ4v) is 3.75. The molecule has 104 valence electrons. The maximum Gasteiger partial charge on any atom is 0.153 e. The summed E-state index contributed by atoms with van der Waals surface area (Å²) < 4.78 is 0. The van der Waals surface area contributed by atoms with Gasteiger partial charge in [0.2, 0.25) is 0 Å². The maximum absolute atomic E-state index is 4.80. The quantitative estimate of drug-likeness (QED) is 0.836. The molecule has 19 heavy (non-hydrogen) atoms. The summed E-state index contributed by atoms with van der Waals surface area (Å²) in [5.41, 5.74) is 0.410. The summed E-state index contributed by atoms with van der Waals surface area (Å²) in [5, 5.41) is 11.3. The first-order chi connectivity index (χ1) is 9.27. The Balaban J connectivity index is 1.58. The molecule has 0 bridgehead atoms. The molecule has 1 saturated carbocycles. The van der Waals surface area contributed by atoms with Crippen molar-refractivity contribution in [2.75, 3.05) is 33.2 Å². The molecule has 1 spiro atoms. The highest BCUT2D eigenvalue weighted by Gasteiger charge is 2.46. The molecule has 5 nitrogen and oxygen atoms in total. The molecule has 5 heteroatoms.